The Balaban J connectivity index is 1.65. The molecule has 4 heteroatoms. The van der Waals surface area contributed by atoms with Gasteiger partial charge in [-0.3, -0.25) is 0 Å². The largest absolute Gasteiger partial charge is 0.384 e. The average Bonchev–Trinajstić information content (AvgIpc) is 2.94. The monoisotopic (exact) mass is 291 g/mol. The third-order valence-electron chi connectivity index (χ3n) is 4.51. The smallest absolute Gasteiger partial charge is 0.0956 e. The molecule has 2 saturated heterocycles. The maximum Gasteiger partial charge on any atom is 0.0956 e. The first-order valence-electron chi connectivity index (χ1n) is 7.86. The van der Waals surface area contributed by atoms with Crippen molar-refractivity contribution in [2.75, 3.05) is 38.9 Å². The molecule has 2 aliphatic rings. The maximum absolute atomic E-state index is 6.00. The first-order chi connectivity index (χ1) is 10.3. The summed E-state index contributed by atoms with van der Waals surface area (Å²) in [6.07, 6.45) is 4.06. The van der Waals surface area contributed by atoms with E-state index in [1.54, 1.807) is 7.11 Å². The lowest BCUT2D eigenvalue weighted by molar-refractivity contribution is -0.0828. The summed E-state index contributed by atoms with van der Waals surface area (Å²) in [5.74, 6) is 0. The van der Waals surface area contributed by atoms with E-state index in [4.69, 9.17) is 14.2 Å². The van der Waals surface area contributed by atoms with E-state index in [0.717, 1.165) is 52.1 Å². The topological polar surface area (TPSA) is 39.7 Å². The van der Waals surface area contributed by atoms with Crippen LogP contribution >= 0.6 is 0 Å². The van der Waals surface area contributed by atoms with Gasteiger partial charge in [0.25, 0.3) is 0 Å². The first kappa shape index (κ1) is 14.8. The van der Waals surface area contributed by atoms with Gasteiger partial charge in [-0.2, -0.15) is 0 Å². The summed E-state index contributed by atoms with van der Waals surface area (Å²) in [5.41, 5.74) is 2.51. The van der Waals surface area contributed by atoms with Gasteiger partial charge in [-0.05, 0) is 30.9 Å². The molecule has 3 rings (SSSR count). The number of nitrogens with one attached hydrogen (secondary N) is 1. The minimum Gasteiger partial charge on any atom is -0.384 e. The summed E-state index contributed by atoms with van der Waals surface area (Å²) < 4.78 is 16.8. The van der Waals surface area contributed by atoms with Gasteiger partial charge in [0.2, 0.25) is 0 Å². The molecule has 0 amide bonds. The van der Waals surface area contributed by atoms with Crippen molar-refractivity contribution in [3.05, 3.63) is 29.8 Å². The Morgan fingerprint density at radius 2 is 2.24 bits per heavy atom. The van der Waals surface area contributed by atoms with Crippen LogP contribution < -0.4 is 5.32 Å². The van der Waals surface area contributed by atoms with E-state index in [1.807, 2.05) is 0 Å². The Bertz CT molecular complexity index is 457. The molecular weight excluding hydrogens is 266 g/mol. The van der Waals surface area contributed by atoms with Crippen molar-refractivity contribution in [3.8, 4) is 0 Å². The fraction of sp³-hybridized carbons (Fsp3) is 0.647. The predicted molar refractivity (Wildman–Crippen MR) is 82.8 cm³/mol. The second-order valence-corrected chi connectivity index (χ2v) is 6.07. The Morgan fingerprint density at radius 1 is 1.33 bits per heavy atom. The molecule has 0 radical (unpaired) electrons. The highest BCUT2D eigenvalue weighted by Gasteiger charge is 2.41. The Kier molecular flexibility index (Phi) is 4.78. The number of methoxy groups -OCH3 is 1. The summed E-state index contributed by atoms with van der Waals surface area (Å²) in [6, 6.07) is 8.98. The van der Waals surface area contributed by atoms with Crippen molar-refractivity contribution < 1.29 is 14.2 Å². The summed E-state index contributed by atoms with van der Waals surface area (Å²) in [6.45, 7) is 3.15. The van der Waals surface area contributed by atoms with Gasteiger partial charge in [-0.1, -0.05) is 18.2 Å². The molecule has 116 valence electrons. The molecular formula is C17H25NO3. The summed E-state index contributed by atoms with van der Waals surface area (Å²) in [7, 11) is 1.75. The van der Waals surface area contributed by atoms with Gasteiger partial charge < -0.3 is 19.5 Å². The molecule has 2 fully saturated rings. The van der Waals surface area contributed by atoms with Gasteiger partial charge in [-0.25, -0.2) is 0 Å². The summed E-state index contributed by atoms with van der Waals surface area (Å²) in [5, 5.41) is 3.72. The fourth-order valence-corrected chi connectivity index (χ4v) is 3.33. The molecule has 2 atom stereocenters. The van der Waals surface area contributed by atoms with Crippen molar-refractivity contribution in [3.63, 3.8) is 0 Å². The SMILES string of the molecule is COCCc1ccccc1NC1CCOC2(CCOC2)C1. The molecule has 2 heterocycles. The molecule has 21 heavy (non-hydrogen) atoms. The van der Waals surface area contributed by atoms with E-state index >= 15 is 0 Å². The van der Waals surface area contributed by atoms with E-state index < -0.39 is 0 Å². The average molecular weight is 291 g/mol. The second-order valence-electron chi connectivity index (χ2n) is 6.07. The van der Waals surface area contributed by atoms with E-state index in [-0.39, 0.29) is 5.60 Å². The van der Waals surface area contributed by atoms with Crippen molar-refractivity contribution in [2.45, 2.75) is 37.3 Å². The predicted octanol–water partition coefficient (Wildman–Crippen LogP) is 2.63. The van der Waals surface area contributed by atoms with Crippen LogP contribution in [0.2, 0.25) is 0 Å². The number of para-hydroxylation sites is 1. The highest BCUT2D eigenvalue weighted by Crippen LogP contribution is 2.34. The standard InChI is InChI=1S/C17H25NO3/c1-19-9-6-14-4-2-3-5-16(14)18-15-7-10-21-17(12-15)8-11-20-13-17/h2-5,15,18H,6-13H2,1H3. The fourth-order valence-electron chi connectivity index (χ4n) is 3.33. The van der Waals surface area contributed by atoms with Gasteiger partial charge in [0.1, 0.15) is 0 Å². The third-order valence-corrected chi connectivity index (χ3v) is 4.51. The van der Waals surface area contributed by atoms with Crippen molar-refractivity contribution in [2.24, 2.45) is 0 Å². The Morgan fingerprint density at radius 3 is 3.05 bits per heavy atom. The van der Waals surface area contributed by atoms with E-state index in [1.165, 1.54) is 11.3 Å². The van der Waals surface area contributed by atoms with E-state index in [2.05, 4.69) is 29.6 Å². The Labute approximate surface area is 126 Å². The molecule has 1 aromatic carbocycles. The summed E-state index contributed by atoms with van der Waals surface area (Å²) >= 11 is 0. The van der Waals surface area contributed by atoms with Crippen LogP contribution in [0.1, 0.15) is 24.8 Å². The molecule has 2 aliphatic heterocycles. The molecule has 1 aromatic rings. The molecule has 2 unspecified atom stereocenters. The number of rotatable bonds is 5. The van der Waals surface area contributed by atoms with E-state index in [9.17, 15) is 0 Å². The third kappa shape index (κ3) is 3.57. The molecule has 0 bridgehead atoms. The van der Waals surface area contributed by atoms with E-state index in [0.29, 0.717) is 6.04 Å². The van der Waals surface area contributed by atoms with Crippen LogP contribution in [0.4, 0.5) is 5.69 Å². The van der Waals surface area contributed by atoms with Gasteiger partial charge in [0.15, 0.2) is 0 Å². The lowest BCUT2D eigenvalue weighted by Crippen LogP contribution is -2.45. The second kappa shape index (κ2) is 6.77. The molecule has 0 saturated carbocycles. The van der Waals surface area contributed by atoms with Crippen molar-refractivity contribution in [1.82, 2.24) is 0 Å². The molecule has 4 nitrogen and oxygen atoms in total. The van der Waals surface area contributed by atoms with Gasteiger partial charge in [0.05, 0.1) is 18.8 Å². The van der Waals surface area contributed by atoms with Crippen LogP contribution in [0.25, 0.3) is 0 Å². The highest BCUT2D eigenvalue weighted by atomic mass is 16.6. The number of benzene rings is 1. The molecule has 0 aliphatic carbocycles. The lowest BCUT2D eigenvalue weighted by atomic mass is 9.89. The van der Waals surface area contributed by atoms with Crippen molar-refractivity contribution >= 4 is 5.69 Å². The van der Waals surface area contributed by atoms with Gasteiger partial charge in [0, 0.05) is 38.5 Å². The molecule has 1 N–H and O–H groups in total. The minimum atomic E-state index is -0.0443. The van der Waals surface area contributed by atoms with Crippen LogP contribution in [0.3, 0.4) is 0 Å². The quantitative estimate of drug-likeness (QED) is 0.905. The van der Waals surface area contributed by atoms with Gasteiger partial charge in [-0.15, -0.1) is 0 Å². The van der Waals surface area contributed by atoms with Crippen LogP contribution in [0, 0.1) is 0 Å². The van der Waals surface area contributed by atoms with Crippen LogP contribution in [-0.2, 0) is 20.6 Å². The number of anilines is 1. The minimum absolute atomic E-state index is 0.0443. The normalized spacial score (nSPS) is 28.9. The number of hydrogen-bond acceptors (Lipinski definition) is 4. The molecule has 0 aromatic heterocycles. The molecule has 1 spiro atoms. The van der Waals surface area contributed by atoms with Crippen LogP contribution in [0.5, 0.6) is 0 Å². The maximum atomic E-state index is 6.00. The number of hydrogen-bond donors (Lipinski definition) is 1. The first-order valence-corrected chi connectivity index (χ1v) is 7.86. The zero-order valence-electron chi connectivity index (χ0n) is 12.8. The van der Waals surface area contributed by atoms with Crippen LogP contribution in [-0.4, -0.2) is 45.2 Å². The summed E-state index contributed by atoms with van der Waals surface area (Å²) in [4.78, 5) is 0. The number of ether oxygens (including phenoxy) is 3. The Hall–Kier alpha value is -1.10. The zero-order valence-corrected chi connectivity index (χ0v) is 12.8. The van der Waals surface area contributed by atoms with Gasteiger partial charge >= 0.3 is 0 Å². The lowest BCUT2D eigenvalue weighted by Gasteiger charge is -2.38. The van der Waals surface area contributed by atoms with Crippen LogP contribution in [0.15, 0.2) is 24.3 Å². The zero-order chi connectivity index (χ0) is 14.5. The van der Waals surface area contributed by atoms with Crippen molar-refractivity contribution in [1.29, 1.82) is 0 Å². The highest BCUT2D eigenvalue weighted by molar-refractivity contribution is 5.52.